The van der Waals surface area contributed by atoms with Crippen molar-refractivity contribution in [3.05, 3.63) is 102 Å². The lowest BCUT2D eigenvalue weighted by molar-refractivity contribution is -0.669. The fourth-order valence-electron chi connectivity index (χ4n) is 4.14. The Labute approximate surface area is 190 Å². The Morgan fingerprint density at radius 2 is 1.21 bits per heavy atom. The molecule has 3 aromatic carbocycles. The van der Waals surface area contributed by atoms with Gasteiger partial charge in [-0.25, -0.2) is 9.13 Å². The van der Waals surface area contributed by atoms with Crippen LogP contribution in [0.2, 0.25) is 0 Å². The maximum Gasteiger partial charge on any atom is 0.260 e. The average molecular weight is 494 g/mol. The fourth-order valence-corrected chi connectivity index (χ4v) is 4.14. The summed E-state index contributed by atoms with van der Waals surface area (Å²) in [5.41, 5.74) is 6.36. The molecule has 1 aromatic heterocycles. The summed E-state index contributed by atoms with van der Waals surface area (Å²) in [5.74, 6) is 1.75. The largest absolute Gasteiger partial charge is 1.00 e. The van der Waals surface area contributed by atoms with E-state index < -0.39 is 0 Å². The summed E-state index contributed by atoms with van der Waals surface area (Å²) in [5, 5.41) is 0. The summed E-state index contributed by atoms with van der Waals surface area (Å²) in [6, 6.07) is 32.2. The Hall–Kier alpha value is -2.40. The van der Waals surface area contributed by atoms with Crippen molar-refractivity contribution in [1.82, 2.24) is 4.57 Å². The molecular weight excluding hydrogens is 467 g/mol. The predicted molar refractivity (Wildman–Crippen MR) is 116 cm³/mol. The van der Waals surface area contributed by atoms with Crippen LogP contribution in [0.3, 0.4) is 0 Å². The molecule has 0 bridgehead atoms. The quantitative estimate of drug-likeness (QED) is 0.298. The Balaban J connectivity index is 0.00000240. The standard InChI is InChI=1S/C26H27N2.HI/c1-20(2)26-27(3)24(22-15-9-5-10-16-22)25(23-17-11-6-12-18-23)28(26)19-21-13-7-4-8-14-21;/h4-18,20H,19H2,1-3H3;1H/q+1;/p-1. The van der Waals surface area contributed by atoms with Gasteiger partial charge in [0.05, 0.1) is 13.0 Å². The van der Waals surface area contributed by atoms with Gasteiger partial charge in [-0.2, -0.15) is 0 Å². The summed E-state index contributed by atoms with van der Waals surface area (Å²) in [7, 11) is 2.20. The van der Waals surface area contributed by atoms with Crippen LogP contribution in [-0.4, -0.2) is 4.57 Å². The van der Waals surface area contributed by atoms with Crippen LogP contribution < -0.4 is 28.5 Å². The second kappa shape index (κ2) is 9.40. The number of hydrogen-bond acceptors (Lipinski definition) is 0. The van der Waals surface area contributed by atoms with E-state index in [0.717, 1.165) is 6.54 Å². The van der Waals surface area contributed by atoms with Crippen LogP contribution >= 0.6 is 0 Å². The highest BCUT2D eigenvalue weighted by atomic mass is 127. The molecule has 0 aliphatic carbocycles. The van der Waals surface area contributed by atoms with E-state index in [4.69, 9.17) is 0 Å². The van der Waals surface area contributed by atoms with Gasteiger partial charge in [0.1, 0.15) is 6.54 Å². The first-order valence-electron chi connectivity index (χ1n) is 9.94. The minimum absolute atomic E-state index is 0. The first-order chi connectivity index (χ1) is 13.7. The first-order valence-corrected chi connectivity index (χ1v) is 9.94. The zero-order valence-corrected chi connectivity index (χ0v) is 19.4. The number of nitrogens with zero attached hydrogens (tertiary/aromatic N) is 2. The Morgan fingerprint density at radius 3 is 1.72 bits per heavy atom. The molecule has 4 rings (SSSR count). The van der Waals surface area contributed by atoms with Crippen LogP contribution in [0.4, 0.5) is 0 Å². The Kier molecular flexibility index (Phi) is 6.91. The van der Waals surface area contributed by atoms with Crippen LogP contribution in [0.15, 0.2) is 91.0 Å². The Bertz CT molecular complexity index is 1050. The van der Waals surface area contributed by atoms with Gasteiger partial charge in [0.15, 0.2) is 11.4 Å². The van der Waals surface area contributed by atoms with Crippen LogP contribution in [0.25, 0.3) is 22.5 Å². The molecule has 0 saturated carbocycles. The molecule has 2 nitrogen and oxygen atoms in total. The van der Waals surface area contributed by atoms with E-state index in [-0.39, 0.29) is 24.0 Å². The summed E-state index contributed by atoms with van der Waals surface area (Å²) < 4.78 is 4.88. The Morgan fingerprint density at radius 1 is 0.724 bits per heavy atom. The molecule has 0 radical (unpaired) electrons. The van der Waals surface area contributed by atoms with Gasteiger partial charge in [-0.15, -0.1) is 0 Å². The normalized spacial score (nSPS) is 10.8. The second-order valence-corrected chi connectivity index (χ2v) is 7.57. The SMILES string of the molecule is CC(C)c1n(Cc2ccccc2)c(-c2ccccc2)c(-c2ccccc2)[n+]1C.[I-]. The van der Waals surface area contributed by atoms with E-state index in [1.54, 1.807) is 0 Å². The van der Waals surface area contributed by atoms with Gasteiger partial charge >= 0.3 is 0 Å². The smallest absolute Gasteiger partial charge is 0.260 e. The molecule has 148 valence electrons. The van der Waals surface area contributed by atoms with Crippen molar-refractivity contribution in [2.45, 2.75) is 26.3 Å². The molecule has 0 spiro atoms. The highest BCUT2D eigenvalue weighted by molar-refractivity contribution is 5.77. The van der Waals surface area contributed by atoms with Crippen molar-refractivity contribution < 1.29 is 28.5 Å². The minimum atomic E-state index is 0. The van der Waals surface area contributed by atoms with Crippen LogP contribution in [0, 0.1) is 0 Å². The summed E-state index contributed by atoms with van der Waals surface area (Å²) in [4.78, 5) is 0. The maximum atomic E-state index is 2.50. The molecule has 0 fully saturated rings. The number of benzene rings is 3. The van der Waals surface area contributed by atoms with Gasteiger partial charge in [0, 0.05) is 11.1 Å². The number of hydrogen-bond donors (Lipinski definition) is 0. The molecule has 29 heavy (non-hydrogen) atoms. The molecule has 0 unspecified atom stereocenters. The van der Waals surface area contributed by atoms with Crippen LogP contribution in [0.1, 0.15) is 31.2 Å². The summed E-state index contributed by atoms with van der Waals surface area (Å²) in [6.45, 7) is 5.42. The first kappa shape index (κ1) is 21.3. The fraction of sp³-hybridized carbons (Fsp3) is 0.192. The van der Waals surface area contributed by atoms with E-state index in [0.29, 0.717) is 5.92 Å². The van der Waals surface area contributed by atoms with E-state index in [1.807, 2.05) is 0 Å². The summed E-state index contributed by atoms with van der Waals surface area (Å²) in [6.07, 6.45) is 0. The third kappa shape index (κ3) is 4.30. The molecule has 1 heterocycles. The van der Waals surface area contributed by atoms with Gasteiger partial charge in [0.2, 0.25) is 0 Å². The predicted octanol–water partition coefficient (Wildman–Crippen LogP) is 2.82. The third-order valence-corrected chi connectivity index (χ3v) is 5.24. The molecule has 0 saturated heterocycles. The zero-order chi connectivity index (χ0) is 19.5. The van der Waals surface area contributed by atoms with Crippen molar-refractivity contribution in [2.24, 2.45) is 7.05 Å². The lowest BCUT2D eigenvalue weighted by Crippen LogP contribution is -3.00. The topological polar surface area (TPSA) is 8.81 Å². The molecule has 0 amide bonds. The molecular formula is C26H27IN2. The van der Waals surface area contributed by atoms with Gasteiger partial charge in [0.25, 0.3) is 5.82 Å². The van der Waals surface area contributed by atoms with E-state index in [9.17, 15) is 0 Å². The number of halogens is 1. The minimum Gasteiger partial charge on any atom is -1.00 e. The second-order valence-electron chi connectivity index (χ2n) is 7.57. The number of aromatic nitrogens is 2. The van der Waals surface area contributed by atoms with Crippen molar-refractivity contribution in [3.63, 3.8) is 0 Å². The number of imidazole rings is 1. The van der Waals surface area contributed by atoms with Gasteiger partial charge in [-0.1, -0.05) is 105 Å². The molecule has 0 atom stereocenters. The van der Waals surface area contributed by atoms with Gasteiger partial charge in [-0.3, -0.25) is 0 Å². The van der Waals surface area contributed by atoms with Crippen LogP contribution in [-0.2, 0) is 13.6 Å². The molecule has 0 aliphatic heterocycles. The third-order valence-electron chi connectivity index (χ3n) is 5.24. The van der Waals surface area contributed by atoms with Crippen molar-refractivity contribution in [1.29, 1.82) is 0 Å². The highest BCUT2D eigenvalue weighted by Gasteiger charge is 2.32. The zero-order valence-electron chi connectivity index (χ0n) is 17.2. The summed E-state index contributed by atoms with van der Waals surface area (Å²) >= 11 is 0. The van der Waals surface area contributed by atoms with Crippen LogP contribution in [0.5, 0.6) is 0 Å². The van der Waals surface area contributed by atoms with Crippen molar-refractivity contribution in [3.8, 4) is 22.5 Å². The number of rotatable bonds is 5. The maximum absolute atomic E-state index is 2.50. The molecule has 3 heteroatoms. The van der Waals surface area contributed by atoms with Crippen molar-refractivity contribution >= 4 is 0 Å². The van der Waals surface area contributed by atoms with Gasteiger partial charge in [-0.05, 0) is 5.56 Å². The lowest BCUT2D eigenvalue weighted by Gasteiger charge is -2.08. The lowest BCUT2D eigenvalue weighted by atomic mass is 10.0. The van der Waals surface area contributed by atoms with E-state index in [2.05, 4.69) is 121 Å². The molecule has 4 aromatic rings. The molecule has 0 N–H and O–H groups in total. The van der Waals surface area contributed by atoms with Gasteiger partial charge < -0.3 is 24.0 Å². The average Bonchev–Trinajstić information content (AvgIpc) is 3.02. The van der Waals surface area contributed by atoms with Crippen molar-refractivity contribution in [2.75, 3.05) is 0 Å². The van der Waals surface area contributed by atoms with E-state index in [1.165, 1.54) is 33.9 Å². The van der Waals surface area contributed by atoms with E-state index >= 15 is 0 Å². The molecule has 0 aliphatic rings. The highest BCUT2D eigenvalue weighted by Crippen LogP contribution is 2.34. The monoisotopic (exact) mass is 494 g/mol.